The van der Waals surface area contributed by atoms with Gasteiger partial charge in [-0.1, -0.05) is 46.3 Å². The van der Waals surface area contributed by atoms with Crippen LogP contribution >= 0.6 is 15.9 Å². The fraction of sp³-hybridized carbons (Fsp3) is 0.125. The van der Waals surface area contributed by atoms with E-state index in [1.165, 1.54) is 5.56 Å². The van der Waals surface area contributed by atoms with Crippen LogP contribution in [0.25, 0.3) is 11.0 Å². The molecule has 1 aromatic heterocycles. The van der Waals surface area contributed by atoms with Crippen LogP contribution in [-0.4, -0.2) is 7.11 Å². The zero-order valence-corrected chi connectivity index (χ0v) is 12.1. The van der Waals surface area contributed by atoms with Crippen molar-refractivity contribution in [3.05, 3.63) is 64.3 Å². The Morgan fingerprint density at radius 2 is 1.89 bits per heavy atom. The van der Waals surface area contributed by atoms with Gasteiger partial charge in [0.05, 0.1) is 7.11 Å². The molecule has 0 fully saturated rings. The van der Waals surface area contributed by atoms with Gasteiger partial charge in [0.1, 0.15) is 5.76 Å². The first-order valence-electron chi connectivity index (χ1n) is 6.06. The number of benzene rings is 2. The second-order valence-electron chi connectivity index (χ2n) is 4.40. The lowest BCUT2D eigenvalue weighted by Crippen LogP contribution is -1.84. The summed E-state index contributed by atoms with van der Waals surface area (Å²) in [6, 6.07) is 16.3. The predicted octanol–water partition coefficient (Wildman–Crippen LogP) is 4.79. The van der Waals surface area contributed by atoms with Crippen LogP contribution in [0.4, 0.5) is 0 Å². The molecular formula is C16H13BrO2. The Labute approximate surface area is 120 Å². The smallest absolute Gasteiger partial charge is 0.176 e. The van der Waals surface area contributed by atoms with Crippen molar-refractivity contribution in [1.82, 2.24) is 0 Å². The summed E-state index contributed by atoms with van der Waals surface area (Å²) in [5.41, 5.74) is 2.04. The average Bonchev–Trinajstić information content (AvgIpc) is 2.81. The standard InChI is InChI=1S/C16H13BrO2/c1-18-15-10-13(17)8-12-9-14(19-16(12)15)7-11-5-3-2-4-6-11/h2-6,8-10H,7H2,1H3. The Balaban J connectivity index is 2.02. The molecule has 0 aliphatic heterocycles. The van der Waals surface area contributed by atoms with Crippen molar-refractivity contribution in [3.8, 4) is 5.75 Å². The molecule has 96 valence electrons. The van der Waals surface area contributed by atoms with E-state index in [1.54, 1.807) is 7.11 Å². The van der Waals surface area contributed by atoms with Crippen LogP contribution in [0.3, 0.4) is 0 Å². The monoisotopic (exact) mass is 316 g/mol. The summed E-state index contributed by atoms with van der Waals surface area (Å²) in [6.07, 6.45) is 0.788. The highest BCUT2D eigenvalue weighted by atomic mass is 79.9. The highest BCUT2D eigenvalue weighted by Crippen LogP contribution is 2.33. The largest absolute Gasteiger partial charge is 0.493 e. The lowest BCUT2D eigenvalue weighted by molar-refractivity contribution is 0.408. The lowest BCUT2D eigenvalue weighted by atomic mass is 10.1. The van der Waals surface area contributed by atoms with Crippen molar-refractivity contribution in [2.75, 3.05) is 7.11 Å². The number of fused-ring (bicyclic) bond motifs is 1. The molecule has 0 radical (unpaired) electrons. The highest BCUT2D eigenvalue weighted by molar-refractivity contribution is 9.10. The van der Waals surface area contributed by atoms with Gasteiger partial charge in [0.2, 0.25) is 0 Å². The number of methoxy groups -OCH3 is 1. The Morgan fingerprint density at radius 3 is 2.63 bits per heavy atom. The molecule has 0 saturated heterocycles. The molecule has 0 aliphatic rings. The van der Waals surface area contributed by atoms with E-state index >= 15 is 0 Å². The quantitative estimate of drug-likeness (QED) is 0.693. The van der Waals surface area contributed by atoms with Gasteiger partial charge in [0, 0.05) is 16.3 Å². The molecule has 3 heteroatoms. The molecule has 0 atom stereocenters. The van der Waals surface area contributed by atoms with Crippen LogP contribution in [0.5, 0.6) is 5.75 Å². The van der Waals surface area contributed by atoms with Gasteiger partial charge in [-0.05, 0) is 23.8 Å². The third-order valence-electron chi connectivity index (χ3n) is 3.04. The van der Waals surface area contributed by atoms with Crippen LogP contribution in [0, 0.1) is 0 Å². The van der Waals surface area contributed by atoms with Gasteiger partial charge in [-0.15, -0.1) is 0 Å². The van der Waals surface area contributed by atoms with Crippen molar-refractivity contribution in [3.63, 3.8) is 0 Å². The van der Waals surface area contributed by atoms with E-state index in [1.807, 2.05) is 30.3 Å². The van der Waals surface area contributed by atoms with Crippen LogP contribution in [-0.2, 0) is 6.42 Å². The van der Waals surface area contributed by atoms with E-state index in [2.05, 4.69) is 34.1 Å². The van der Waals surface area contributed by atoms with Crippen molar-refractivity contribution in [1.29, 1.82) is 0 Å². The van der Waals surface area contributed by atoms with Gasteiger partial charge in [-0.3, -0.25) is 0 Å². The Hall–Kier alpha value is -1.74. The average molecular weight is 317 g/mol. The van der Waals surface area contributed by atoms with Gasteiger partial charge in [0.15, 0.2) is 11.3 Å². The van der Waals surface area contributed by atoms with Gasteiger partial charge in [-0.25, -0.2) is 0 Å². The molecule has 0 unspecified atom stereocenters. The van der Waals surface area contributed by atoms with Gasteiger partial charge in [0.25, 0.3) is 0 Å². The molecule has 2 nitrogen and oxygen atoms in total. The van der Waals surface area contributed by atoms with Crippen LogP contribution in [0.2, 0.25) is 0 Å². The molecule has 19 heavy (non-hydrogen) atoms. The zero-order valence-electron chi connectivity index (χ0n) is 10.5. The fourth-order valence-corrected chi connectivity index (χ4v) is 2.63. The first-order valence-corrected chi connectivity index (χ1v) is 6.85. The number of halogens is 1. The second kappa shape index (κ2) is 5.10. The van der Waals surface area contributed by atoms with Gasteiger partial charge < -0.3 is 9.15 Å². The Kier molecular flexibility index (Phi) is 3.30. The molecule has 0 aliphatic carbocycles. The number of ether oxygens (including phenoxy) is 1. The Morgan fingerprint density at radius 1 is 1.11 bits per heavy atom. The first-order chi connectivity index (χ1) is 9.26. The zero-order chi connectivity index (χ0) is 13.2. The van der Waals surface area contributed by atoms with Crippen molar-refractivity contribution in [2.24, 2.45) is 0 Å². The maximum absolute atomic E-state index is 5.90. The normalized spacial score (nSPS) is 10.8. The van der Waals surface area contributed by atoms with E-state index in [9.17, 15) is 0 Å². The minimum absolute atomic E-state index is 0.753. The van der Waals surface area contributed by atoms with E-state index in [4.69, 9.17) is 9.15 Å². The summed E-state index contributed by atoms with van der Waals surface area (Å²) in [7, 11) is 1.65. The summed E-state index contributed by atoms with van der Waals surface area (Å²) < 4.78 is 12.2. The minimum atomic E-state index is 0.753. The van der Waals surface area contributed by atoms with Crippen molar-refractivity contribution < 1.29 is 9.15 Å². The van der Waals surface area contributed by atoms with Crippen LogP contribution < -0.4 is 4.74 Å². The lowest BCUT2D eigenvalue weighted by Gasteiger charge is -2.01. The topological polar surface area (TPSA) is 22.4 Å². The van der Waals surface area contributed by atoms with Gasteiger partial charge >= 0.3 is 0 Å². The van der Waals surface area contributed by atoms with E-state index < -0.39 is 0 Å². The fourth-order valence-electron chi connectivity index (χ4n) is 2.18. The minimum Gasteiger partial charge on any atom is -0.493 e. The summed E-state index contributed by atoms with van der Waals surface area (Å²) in [5, 5.41) is 1.05. The summed E-state index contributed by atoms with van der Waals surface area (Å²) in [4.78, 5) is 0. The second-order valence-corrected chi connectivity index (χ2v) is 5.32. The summed E-state index contributed by atoms with van der Waals surface area (Å²) >= 11 is 3.48. The summed E-state index contributed by atoms with van der Waals surface area (Å²) in [6.45, 7) is 0. The first kappa shape index (κ1) is 12.3. The summed E-state index contributed by atoms with van der Waals surface area (Å²) in [5.74, 6) is 1.70. The molecule has 0 N–H and O–H groups in total. The number of rotatable bonds is 3. The van der Waals surface area contributed by atoms with Crippen LogP contribution in [0.15, 0.2) is 57.4 Å². The Bertz CT molecular complexity index is 701. The van der Waals surface area contributed by atoms with E-state index in [-0.39, 0.29) is 0 Å². The highest BCUT2D eigenvalue weighted by Gasteiger charge is 2.10. The maximum Gasteiger partial charge on any atom is 0.176 e. The van der Waals surface area contributed by atoms with Crippen LogP contribution in [0.1, 0.15) is 11.3 Å². The molecule has 0 spiro atoms. The SMILES string of the molecule is COc1cc(Br)cc2cc(Cc3ccccc3)oc12. The third kappa shape index (κ3) is 2.51. The molecule has 1 heterocycles. The maximum atomic E-state index is 5.90. The molecule has 0 amide bonds. The van der Waals surface area contributed by atoms with Crippen molar-refractivity contribution >= 4 is 26.9 Å². The van der Waals surface area contributed by atoms with Crippen molar-refractivity contribution in [2.45, 2.75) is 6.42 Å². The third-order valence-corrected chi connectivity index (χ3v) is 3.50. The molecule has 3 aromatic rings. The van der Waals surface area contributed by atoms with E-state index in [0.29, 0.717) is 0 Å². The number of hydrogen-bond acceptors (Lipinski definition) is 2. The van der Waals surface area contributed by atoms with E-state index in [0.717, 1.165) is 33.4 Å². The molecule has 2 aromatic carbocycles. The number of hydrogen-bond donors (Lipinski definition) is 0. The molecule has 3 rings (SSSR count). The molecular weight excluding hydrogens is 304 g/mol. The molecule has 0 bridgehead atoms. The predicted molar refractivity (Wildman–Crippen MR) is 79.7 cm³/mol. The molecule has 0 saturated carbocycles. The van der Waals surface area contributed by atoms with Gasteiger partial charge in [-0.2, -0.15) is 0 Å². The number of furan rings is 1.